The Balaban J connectivity index is 1.57. The zero-order valence-corrected chi connectivity index (χ0v) is 20.6. The molecular weight excluding hydrogens is 481 g/mol. The summed E-state index contributed by atoms with van der Waals surface area (Å²) in [6, 6.07) is 2.69. The number of unbranched alkanes of at least 4 members (excludes halogenated alkanes) is 2. The van der Waals surface area contributed by atoms with E-state index in [1.54, 1.807) is 0 Å². The Kier molecular flexibility index (Phi) is 9.08. The van der Waals surface area contributed by atoms with Gasteiger partial charge in [-0.2, -0.15) is 0 Å². The lowest BCUT2D eigenvalue weighted by atomic mass is 10.0. The first-order valence-corrected chi connectivity index (χ1v) is 13.5. The van der Waals surface area contributed by atoms with Crippen LogP contribution >= 0.6 is 0 Å². The predicted octanol–water partition coefficient (Wildman–Crippen LogP) is 1.63. The van der Waals surface area contributed by atoms with E-state index in [9.17, 15) is 32.6 Å². The van der Waals surface area contributed by atoms with Crippen LogP contribution in [0, 0.1) is 17.7 Å². The topological polar surface area (TPSA) is 145 Å². The van der Waals surface area contributed by atoms with Gasteiger partial charge in [-0.1, -0.05) is 6.42 Å². The summed E-state index contributed by atoms with van der Waals surface area (Å²) in [6.07, 6.45) is 4.84. The molecule has 0 saturated heterocycles. The average Bonchev–Trinajstić information content (AvgIpc) is 3.68. The third kappa shape index (κ3) is 8.41. The minimum atomic E-state index is -3.69. The monoisotopic (exact) mass is 515 g/mol. The van der Waals surface area contributed by atoms with Gasteiger partial charge in [-0.15, -0.1) is 0 Å². The van der Waals surface area contributed by atoms with Crippen molar-refractivity contribution in [2.75, 3.05) is 25.9 Å². The lowest BCUT2D eigenvalue weighted by molar-refractivity contribution is -0.305. The van der Waals surface area contributed by atoms with Crippen molar-refractivity contribution in [3.63, 3.8) is 0 Å². The van der Waals surface area contributed by atoms with Crippen LogP contribution in [0.4, 0.5) is 9.18 Å². The number of amides is 2. The second-order valence-electron chi connectivity index (χ2n) is 9.24. The first kappa shape index (κ1) is 27.3. The number of hydrogen-bond acceptors (Lipinski definition) is 7. The zero-order chi connectivity index (χ0) is 25.6. The molecule has 1 aromatic carbocycles. The highest BCUT2D eigenvalue weighted by molar-refractivity contribution is 7.89. The minimum absolute atomic E-state index is 0.0142. The molecule has 4 N–H and O–H groups in total. The second kappa shape index (κ2) is 11.6. The van der Waals surface area contributed by atoms with E-state index in [1.807, 2.05) is 0 Å². The van der Waals surface area contributed by atoms with Crippen molar-refractivity contribution in [3.05, 3.63) is 29.6 Å². The number of halogens is 1. The fraction of sp³-hybridized carbons (Fsp3) is 0.652. The summed E-state index contributed by atoms with van der Waals surface area (Å²) < 4.78 is 47.7. The van der Waals surface area contributed by atoms with Gasteiger partial charge in [0.2, 0.25) is 10.0 Å². The number of aldehydes is 1. The molecule has 0 aliphatic heterocycles. The molecule has 2 saturated carbocycles. The van der Waals surface area contributed by atoms with Crippen LogP contribution in [0.25, 0.3) is 0 Å². The molecule has 2 aliphatic carbocycles. The van der Waals surface area contributed by atoms with Crippen LogP contribution in [0.3, 0.4) is 0 Å². The van der Waals surface area contributed by atoms with Crippen LogP contribution in [-0.4, -0.2) is 67.7 Å². The van der Waals surface area contributed by atoms with Crippen molar-refractivity contribution in [3.8, 4) is 5.75 Å². The molecule has 0 heterocycles. The number of benzene rings is 1. The Hall–Kier alpha value is -2.28. The van der Waals surface area contributed by atoms with Crippen molar-refractivity contribution in [1.29, 1.82) is 0 Å². The van der Waals surface area contributed by atoms with Gasteiger partial charge in [0.1, 0.15) is 17.9 Å². The van der Waals surface area contributed by atoms with Gasteiger partial charge in [-0.3, -0.25) is 0 Å². The lowest BCUT2D eigenvalue weighted by Gasteiger charge is -2.24. The van der Waals surface area contributed by atoms with Gasteiger partial charge in [0.25, 0.3) is 0 Å². The summed E-state index contributed by atoms with van der Waals surface area (Å²) in [5.41, 5.74) is 0.368. The Labute approximate surface area is 204 Å². The molecule has 1 atom stereocenters. The average molecular weight is 516 g/mol. The van der Waals surface area contributed by atoms with Gasteiger partial charge < -0.3 is 30.0 Å². The standard InChI is InChI=1S/C23H34FN3O7S/c1-25-22(29)27(10-11-28)9-3-2-4-12-35(32,33)26-21(16-5-6-16)17-13-19(24)15-20(14-17)34-23(30,31)18-7-8-18/h11,13-16,18,21,26,30-31H,2-10,12H2,1H3,(H,25,29). The zero-order valence-electron chi connectivity index (χ0n) is 19.8. The van der Waals surface area contributed by atoms with Crippen molar-refractivity contribution in [2.45, 2.75) is 57.0 Å². The summed E-state index contributed by atoms with van der Waals surface area (Å²) in [6.45, 7) is 0.303. The lowest BCUT2D eigenvalue weighted by Crippen LogP contribution is -2.39. The predicted molar refractivity (Wildman–Crippen MR) is 125 cm³/mol. The van der Waals surface area contributed by atoms with Crippen LogP contribution in [-0.2, 0) is 14.8 Å². The molecular formula is C23H34FN3O7S. The normalized spacial score (nSPS) is 17.0. The number of hydrogen-bond donors (Lipinski definition) is 4. The first-order chi connectivity index (χ1) is 16.5. The maximum absolute atomic E-state index is 14.3. The summed E-state index contributed by atoms with van der Waals surface area (Å²) in [5.74, 6) is -3.68. The Morgan fingerprint density at radius 3 is 2.54 bits per heavy atom. The van der Waals surface area contributed by atoms with Crippen LogP contribution in [0.1, 0.15) is 56.6 Å². The van der Waals surface area contributed by atoms with E-state index in [0.717, 1.165) is 18.9 Å². The molecule has 1 aromatic rings. The van der Waals surface area contributed by atoms with Crippen molar-refractivity contribution < 1.29 is 37.3 Å². The quantitative estimate of drug-likeness (QED) is 0.158. The largest absolute Gasteiger partial charge is 0.439 e. The van der Waals surface area contributed by atoms with Gasteiger partial charge >= 0.3 is 12.0 Å². The molecule has 0 aromatic heterocycles. The van der Waals surface area contributed by atoms with Gasteiger partial charge in [0.15, 0.2) is 0 Å². The van der Waals surface area contributed by atoms with Gasteiger partial charge in [0, 0.05) is 25.7 Å². The molecule has 0 radical (unpaired) electrons. The van der Waals surface area contributed by atoms with Crippen molar-refractivity contribution in [1.82, 2.24) is 14.9 Å². The number of carbonyl (C=O) groups excluding carboxylic acids is 2. The number of sulfonamides is 1. The molecule has 0 bridgehead atoms. The number of aliphatic hydroxyl groups is 2. The van der Waals surface area contributed by atoms with E-state index in [2.05, 4.69) is 10.0 Å². The van der Waals surface area contributed by atoms with Crippen LogP contribution in [0.2, 0.25) is 0 Å². The molecule has 35 heavy (non-hydrogen) atoms. The van der Waals surface area contributed by atoms with E-state index in [0.29, 0.717) is 50.5 Å². The summed E-state index contributed by atoms with van der Waals surface area (Å²) in [4.78, 5) is 23.8. The SMILES string of the molecule is CNC(=O)N(CC=O)CCCCCS(=O)(=O)NC(c1cc(F)cc(OC(O)(O)C2CC2)c1)C1CC1. The molecule has 10 nitrogen and oxygen atoms in total. The first-order valence-electron chi connectivity index (χ1n) is 11.9. The minimum Gasteiger partial charge on any atom is -0.439 e. The summed E-state index contributed by atoms with van der Waals surface area (Å²) in [7, 11) is -2.22. The van der Waals surface area contributed by atoms with E-state index >= 15 is 0 Å². The molecule has 12 heteroatoms. The maximum atomic E-state index is 14.3. The van der Waals surface area contributed by atoms with E-state index in [4.69, 9.17) is 4.74 Å². The fourth-order valence-electron chi connectivity index (χ4n) is 3.95. The Morgan fingerprint density at radius 2 is 1.94 bits per heavy atom. The van der Waals surface area contributed by atoms with Crippen LogP contribution in [0.15, 0.2) is 18.2 Å². The van der Waals surface area contributed by atoms with Gasteiger partial charge in [-0.25, -0.2) is 22.3 Å². The fourth-order valence-corrected chi connectivity index (χ4v) is 5.37. The maximum Gasteiger partial charge on any atom is 0.324 e. The summed E-state index contributed by atoms with van der Waals surface area (Å²) in [5, 5.41) is 22.5. The van der Waals surface area contributed by atoms with Gasteiger partial charge in [-0.05, 0) is 62.1 Å². The molecule has 2 fully saturated rings. The number of ether oxygens (including phenoxy) is 1. The van der Waals surface area contributed by atoms with E-state index in [1.165, 1.54) is 24.1 Å². The smallest absolute Gasteiger partial charge is 0.324 e. The highest BCUT2D eigenvalue weighted by atomic mass is 32.2. The van der Waals surface area contributed by atoms with Crippen molar-refractivity contribution >= 4 is 22.3 Å². The Bertz CT molecular complexity index is 997. The highest BCUT2D eigenvalue weighted by Gasteiger charge is 2.45. The second-order valence-corrected chi connectivity index (χ2v) is 11.1. The molecule has 1 unspecified atom stereocenters. The Morgan fingerprint density at radius 1 is 1.23 bits per heavy atom. The van der Waals surface area contributed by atoms with Crippen molar-refractivity contribution in [2.24, 2.45) is 11.8 Å². The molecule has 0 spiro atoms. The number of nitrogens with one attached hydrogen (secondary N) is 2. The number of carbonyl (C=O) groups is 2. The van der Waals surface area contributed by atoms with E-state index < -0.39 is 33.8 Å². The third-order valence-corrected chi connectivity index (χ3v) is 7.61. The highest BCUT2D eigenvalue weighted by Crippen LogP contribution is 2.43. The number of rotatable bonds is 15. The number of urea groups is 1. The van der Waals surface area contributed by atoms with E-state index in [-0.39, 0.29) is 30.0 Å². The molecule has 2 amide bonds. The van der Waals surface area contributed by atoms with Crippen LogP contribution < -0.4 is 14.8 Å². The molecule has 196 valence electrons. The third-order valence-electron chi connectivity index (χ3n) is 6.17. The van der Waals surface area contributed by atoms with Gasteiger partial charge in [0.05, 0.1) is 18.2 Å². The molecule has 3 rings (SSSR count). The summed E-state index contributed by atoms with van der Waals surface area (Å²) >= 11 is 0. The van der Waals surface area contributed by atoms with Crippen LogP contribution in [0.5, 0.6) is 5.75 Å². The number of nitrogens with zero attached hydrogens (tertiary/aromatic N) is 1. The molecule has 2 aliphatic rings.